The summed E-state index contributed by atoms with van der Waals surface area (Å²) >= 11 is 0. The van der Waals surface area contributed by atoms with Gasteiger partial charge in [0.2, 0.25) is 17.7 Å². The van der Waals surface area contributed by atoms with E-state index in [4.69, 9.17) is 28.5 Å². The Morgan fingerprint density at radius 3 is 2.62 bits per heavy atom. The molecule has 4 aromatic rings. The maximum absolute atomic E-state index is 5.84. The van der Waals surface area contributed by atoms with Gasteiger partial charge in [-0.2, -0.15) is 15.1 Å². The fourth-order valence-corrected chi connectivity index (χ4v) is 4.21. The van der Waals surface area contributed by atoms with Crippen molar-refractivity contribution < 1.29 is 23.5 Å². The molecule has 1 fully saturated rings. The van der Waals surface area contributed by atoms with E-state index in [2.05, 4.69) is 40.5 Å². The van der Waals surface area contributed by atoms with E-state index in [1.165, 1.54) is 0 Å². The van der Waals surface area contributed by atoms with Crippen LogP contribution in [0.2, 0.25) is 0 Å². The molecule has 206 valence electrons. The molecule has 5 rings (SSSR count). The summed E-state index contributed by atoms with van der Waals surface area (Å²) in [6.07, 6.45) is 4.93. The van der Waals surface area contributed by atoms with Gasteiger partial charge in [-0.3, -0.25) is 5.10 Å². The molecule has 0 aromatic carbocycles. The SMILES string of the molecule is COCCOc1cc(Nc2cc(C)[nH]n2)nc(N2CCC[C@H]2c2cc(-c3nccnc3OCCOC)no2)n1. The Labute approximate surface area is 225 Å². The van der Waals surface area contributed by atoms with Crippen LogP contribution in [0.4, 0.5) is 17.6 Å². The number of aromatic nitrogens is 7. The zero-order valence-electron chi connectivity index (χ0n) is 22.1. The van der Waals surface area contributed by atoms with Crippen LogP contribution in [-0.4, -0.2) is 82.5 Å². The van der Waals surface area contributed by atoms with Crippen LogP contribution in [0.15, 0.2) is 35.1 Å². The zero-order valence-corrected chi connectivity index (χ0v) is 22.1. The van der Waals surface area contributed by atoms with Crippen LogP contribution in [0.25, 0.3) is 11.4 Å². The third kappa shape index (κ3) is 6.41. The van der Waals surface area contributed by atoms with E-state index in [0.29, 0.717) is 72.9 Å². The Morgan fingerprint density at radius 2 is 1.82 bits per heavy atom. The number of rotatable bonds is 13. The molecule has 0 radical (unpaired) electrons. The number of ether oxygens (including phenoxy) is 4. The Bertz CT molecular complexity index is 1360. The molecule has 0 saturated carbocycles. The molecule has 4 aromatic heterocycles. The average Bonchev–Trinajstić information content (AvgIpc) is 3.70. The van der Waals surface area contributed by atoms with Gasteiger partial charge in [-0.05, 0) is 19.8 Å². The molecule has 0 aliphatic carbocycles. The first-order chi connectivity index (χ1) is 19.1. The standard InChI is InChI=1S/C25H31N9O5/c1-16-13-21(32-31-16)28-20-15-22(37-11-9-35-2)30-25(29-20)34-8-4-5-18(34)19-14-17(33-39-19)23-24(27-7-6-26-23)38-12-10-36-3/h6-7,13-15,18H,4-5,8-12H2,1-3H3,(H2,28,29,30,31,32)/t18-/m0/s1. The van der Waals surface area contributed by atoms with Gasteiger partial charge in [0.25, 0.3) is 0 Å². The molecule has 1 saturated heterocycles. The van der Waals surface area contributed by atoms with E-state index in [1.54, 1.807) is 32.7 Å². The van der Waals surface area contributed by atoms with Crippen LogP contribution in [-0.2, 0) is 9.47 Å². The van der Waals surface area contributed by atoms with E-state index in [1.807, 2.05) is 19.1 Å². The summed E-state index contributed by atoms with van der Waals surface area (Å²) in [6, 6.07) is 5.36. The van der Waals surface area contributed by atoms with Gasteiger partial charge in [0.05, 0.1) is 19.3 Å². The Hall–Kier alpha value is -4.30. The third-order valence-electron chi connectivity index (χ3n) is 5.99. The molecule has 39 heavy (non-hydrogen) atoms. The molecule has 5 heterocycles. The minimum atomic E-state index is -0.129. The van der Waals surface area contributed by atoms with Crippen molar-refractivity contribution in [1.29, 1.82) is 0 Å². The molecule has 0 spiro atoms. The van der Waals surface area contributed by atoms with Crippen LogP contribution in [0.5, 0.6) is 11.8 Å². The number of aryl methyl sites for hydroxylation is 1. The lowest BCUT2D eigenvalue weighted by Crippen LogP contribution is -2.25. The quantitative estimate of drug-likeness (QED) is 0.240. The molecule has 0 bridgehead atoms. The number of hydrogen-bond acceptors (Lipinski definition) is 13. The average molecular weight is 538 g/mol. The van der Waals surface area contributed by atoms with E-state index >= 15 is 0 Å². The van der Waals surface area contributed by atoms with Crippen molar-refractivity contribution in [1.82, 2.24) is 35.3 Å². The van der Waals surface area contributed by atoms with Crippen LogP contribution >= 0.6 is 0 Å². The first kappa shape index (κ1) is 26.3. The first-order valence-electron chi connectivity index (χ1n) is 12.6. The Kier molecular flexibility index (Phi) is 8.43. The van der Waals surface area contributed by atoms with E-state index in [9.17, 15) is 0 Å². The van der Waals surface area contributed by atoms with Gasteiger partial charge >= 0.3 is 0 Å². The zero-order chi connectivity index (χ0) is 27.0. The highest BCUT2D eigenvalue weighted by molar-refractivity contribution is 5.60. The molecule has 1 atom stereocenters. The van der Waals surface area contributed by atoms with Crippen LogP contribution < -0.4 is 19.7 Å². The predicted molar refractivity (Wildman–Crippen MR) is 140 cm³/mol. The lowest BCUT2D eigenvalue weighted by atomic mass is 10.1. The van der Waals surface area contributed by atoms with E-state index in [-0.39, 0.29) is 6.04 Å². The summed E-state index contributed by atoms with van der Waals surface area (Å²) < 4.78 is 27.6. The van der Waals surface area contributed by atoms with Gasteiger partial charge in [-0.25, -0.2) is 9.97 Å². The summed E-state index contributed by atoms with van der Waals surface area (Å²) in [5.41, 5.74) is 1.96. The summed E-state index contributed by atoms with van der Waals surface area (Å²) in [4.78, 5) is 20.2. The number of nitrogens with zero attached hydrogens (tertiary/aromatic N) is 7. The minimum Gasteiger partial charge on any atom is -0.475 e. The van der Waals surface area contributed by atoms with Crippen molar-refractivity contribution in [3.05, 3.63) is 42.0 Å². The second-order valence-electron chi connectivity index (χ2n) is 8.81. The minimum absolute atomic E-state index is 0.129. The maximum Gasteiger partial charge on any atom is 0.242 e. The van der Waals surface area contributed by atoms with Gasteiger partial charge in [-0.1, -0.05) is 5.16 Å². The van der Waals surface area contributed by atoms with Gasteiger partial charge in [-0.15, -0.1) is 0 Å². The summed E-state index contributed by atoms with van der Waals surface area (Å²) in [6.45, 7) is 4.24. The molecule has 0 unspecified atom stereocenters. The number of H-pyrrole nitrogens is 1. The molecular formula is C25H31N9O5. The predicted octanol–water partition coefficient (Wildman–Crippen LogP) is 3.09. The summed E-state index contributed by atoms with van der Waals surface area (Å²) in [5.74, 6) is 3.16. The molecule has 0 amide bonds. The molecule has 14 heteroatoms. The van der Waals surface area contributed by atoms with Crippen LogP contribution in [0.3, 0.4) is 0 Å². The van der Waals surface area contributed by atoms with Gasteiger partial charge in [0.15, 0.2) is 17.3 Å². The Morgan fingerprint density at radius 1 is 1.00 bits per heavy atom. The molecule has 14 nitrogen and oxygen atoms in total. The summed E-state index contributed by atoms with van der Waals surface area (Å²) in [5, 5.41) is 14.7. The highest BCUT2D eigenvalue weighted by Gasteiger charge is 2.32. The smallest absolute Gasteiger partial charge is 0.242 e. The number of hydrogen-bond donors (Lipinski definition) is 2. The maximum atomic E-state index is 5.84. The topological polar surface area (TPSA) is 158 Å². The van der Waals surface area contributed by atoms with Crippen molar-refractivity contribution in [3.8, 4) is 23.1 Å². The lowest BCUT2D eigenvalue weighted by Gasteiger charge is -2.23. The normalized spacial score (nSPS) is 15.1. The summed E-state index contributed by atoms with van der Waals surface area (Å²) in [7, 11) is 3.23. The molecule has 1 aliphatic rings. The molecule has 1 aliphatic heterocycles. The fourth-order valence-electron chi connectivity index (χ4n) is 4.21. The number of anilines is 3. The molecular weight excluding hydrogens is 506 g/mol. The van der Waals surface area contributed by atoms with Gasteiger partial charge in [0, 0.05) is 57.1 Å². The fraction of sp³-hybridized carbons (Fsp3) is 0.440. The number of nitrogens with one attached hydrogen (secondary N) is 2. The Balaban J connectivity index is 1.40. The molecule has 2 N–H and O–H groups in total. The van der Waals surface area contributed by atoms with E-state index in [0.717, 1.165) is 25.1 Å². The van der Waals surface area contributed by atoms with Crippen molar-refractivity contribution >= 4 is 17.6 Å². The number of methoxy groups -OCH3 is 2. The first-order valence-corrected chi connectivity index (χ1v) is 12.6. The monoisotopic (exact) mass is 537 g/mol. The highest BCUT2D eigenvalue weighted by Crippen LogP contribution is 2.38. The van der Waals surface area contributed by atoms with Gasteiger partial charge in [0.1, 0.15) is 24.7 Å². The van der Waals surface area contributed by atoms with Crippen LogP contribution in [0.1, 0.15) is 30.3 Å². The van der Waals surface area contributed by atoms with Crippen molar-refractivity contribution in [2.75, 3.05) is 57.4 Å². The highest BCUT2D eigenvalue weighted by atomic mass is 16.5. The van der Waals surface area contributed by atoms with Gasteiger partial charge < -0.3 is 33.7 Å². The number of aromatic amines is 1. The largest absolute Gasteiger partial charge is 0.475 e. The second-order valence-corrected chi connectivity index (χ2v) is 8.81. The van der Waals surface area contributed by atoms with E-state index < -0.39 is 0 Å². The van der Waals surface area contributed by atoms with Crippen LogP contribution in [0, 0.1) is 6.92 Å². The van der Waals surface area contributed by atoms with Crippen molar-refractivity contribution in [2.24, 2.45) is 0 Å². The third-order valence-corrected chi connectivity index (χ3v) is 5.99. The lowest BCUT2D eigenvalue weighted by molar-refractivity contribution is 0.143. The second kappa shape index (κ2) is 12.5. The van der Waals surface area contributed by atoms with Crippen molar-refractivity contribution in [2.45, 2.75) is 25.8 Å². The van der Waals surface area contributed by atoms with Crippen molar-refractivity contribution in [3.63, 3.8) is 0 Å².